The van der Waals surface area contributed by atoms with Crippen molar-refractivity contribution in [2.24, 2.45) is 5.10 Å². The van der Waals surface area contributed by atoms with E-state index in [0.29, 0.717) is 10.7 Å². The van der Waals surface area contributed by atoms with E-state index in [-0.39, 0.29) is 11.4 Å². The van der Waals surface area contributed by atoms with Crippen molar-refractivity contribution in [1.29, 1.82) is 5.26 Å². The van der Waals surface area contributed by atoms with Gasteiger partial charge in [-0.1, -0.05) is 17.7 Å². The topological polar surface area (TPSA) is 104 Å². The zero-order valence-corrected chi connectivity index (χ0v) is 15.4. The van der Waals surface area contributed by atoms with Crippen LogP contribution in [0.15, 0.2) is 52.9 Å². The van der Waals surface area contributed by atoms with Crippen LogP contribution in [0.1, 0.15) is 16.1 Å². The summed E-state index contributed by atoms with van der Waals surface area (Å²) in [6.45, 7) is 3.98. The fraction of sp³-hybridized carbons (Fsp3) is 0.105. The Morgan fingerprint density at radius 1 is 1.26 bits per heavy atom. The number of rotatable bonds is 5. The third kappa shape index (κ3) is 4.16. The van der Waals surface area contributed by atoms with Gasteiger partial charge in [-0.2, -0.15) is 10.4 Å². The van der Waals surface area contributed by atoms with E-state index >= 15 is 0 Å². The molecule has 1 aromatic heterocycles. The summed E-state index contributed by atoms with van der Waals surface area (Å²) in [5.41, 5.74) is 7.48. The number of benzene rings is 2. The lowest BCUT2D eigenvalue weighted by molar-refractivity contribution is -0.384. The molecule has 0 bridgehead atoms. The van der Waals surface area contributed by atoms with E-state index < -0.39 is 4.92 Å². The molecule has 0 saturated heterocycles. The SMILES string of the molecule is Cc1ccc(N/N=C(\C#N)c2nc(-c3ccc([N+](=O)[O-])cc3)cs2)c(C)c1. The minimum atomic E-state index is -0.449. The molecule has 1 N–H and O–H groups in total. The van der Waals surface area contributed by atoms with Crippen molar-refractivity contribution in [3.8, 4) is 17.3 Å². The van der Waals surface area contributed by atoms with Crippen molar-refractivity contribution in [1.82, 2.24) is 4.98 Å². The number of nitriles is 1. The molecule has 3 rings (SSSR count). The van der Waals surface area contributed by atoms with Gasteiger partial charge in [0.05, 0.1) is 16.3 Å². The van der Waals surface area contributed by atoms with Crippen LogP contribution in [-0.4, -0.2) is 15.6 Å². The van der Waals surface area contributed by atoms with Gasteiger partial charge in [0.1, 0.15) is 6.07 Å². The first kappa shape index (κ1) is 18.2. The first-order chi connectivity index (χ1) is 13.0. The van der Waals surface area contributed by atoms with Crippen LogP contribution < -0.4 is 5.43 Å². The number of nitro benzene ring substituents is 1. The summed E-state index contributed by atoms with van der Waals surface area (Å²) < 4.78 is 0. The smallest absolute Gasteiger partial charge is 0.269 e. The molecule has 1 heterocycles. The summed E-state index contributed by atoms with van der Waals surface area (Å²) in [5, 5.41) is 26.6. The molecule has 0 amide bonds. The Hall–Kier alpha value is -3.57. The first-order valence-corrected chi connectivity index (χ1v) is 8.87. The lowest BCUT2D eigenvalue weighted by Gasteiger charge is -2.05. The number of anilines is 1. The monoisotopic (exact) mass is 377 g/mol. The molecule has 0 saturated carbocycles. The lowest BCUT2D eigenvalue weighted by Crippen LogP contribution is -2.02. The number of hydrazone groups is 1. The minimum Gasteiger partial charge on any atom is -0.277 e. The number of thiazole rings is 1. The molecular weight excluding hydrogens is 362 g/mol. The number of hydrogen-bond acceptors (Lipinski definition) is 7. The maximum atomic E-state index is 10.7. The zero-order chi connectivity index (χ0) is 19.4. The van der Waals surface area contributed by atoms with Crippen LogP contribution in [0, 0.1) is 35.3 Å². The number of nitro groups is 1. The number of nitrogens with one attached hydrogen (secondary N) is 1. The summed E-state index contributed by atoms with van der Waals surface area (Å²) in [6, 6.07) is 14.1. The van der Waals surface area contributed by atoms with E-state index in [1.165, 1.54) is 23.5 Å². The van der Waals surface area contributed by atoms with Crippen LogP contribution in [0.25, 0.3) is 11.3 Å². The van der Waals surface area contributed by atoms with E-state index in [4.69, 9.17) is 0 Å². The Balaban J connectivity index is 1.82. The molecule has 2 aromatic carbocycles. The van der Waals surface area contributed by atoms with Gasteiger partial charge in [-0.25, -0.2) is 4.98 Å². The second kappa shape index (κ2) is 7.76. The highest BCUT2D eigenvalue weighted by Crippen LogP contribution is 2.25. The second-order valence-electron chi connectivity index (χ2n) is 5.84. The number of aryl methyl sites for hydroxylation is 2. The van der Waals surface area contributed by atoms with Gasteiger partial charge in [0.25, 0.3) is 5.69 Å². The average Bonchev–Trinajstić information content (AvgIpc) is 3.14. The number of aromatic nitrogens is 1. The number of non-ortho nitro benzene ring substituents is 1. The molecule has 0 aliphatic heterocycles. The molecule has 134 valence electrons. The van der Waals surface area contributed by atoms with Crippen molar-refractivity contribution in [2.75, 3.05) is 5.43 Å². The molecular formula is C19H15N5O2S. The maximum absolute atomic E-state index is 10.7. The summed E-state index contributed by atoms with van der Waals surface area (Å²) in [7, 11) is 0. The van der Waals surface area contributed by atoms with Crippen LogP contribution >= 0.6 is 11.3 Å². The molecule has 0 radical (unpaired) electrons. The van der Waals surface area contributed by atoms with Crippen LogP contribution in [0.3, 0.4) is 0 Å². The molecule has 0 unspecified atom stereocenters. The van der Waals surface area contributed by atoms with Crippen LogP contribution in [0.5, 0.6) is 0 Å². The van der Waals surface area contributed by atoms with Crippen LogP contribution in [0.4, 0.5) is 11.4 Å². The van der Waals surface area contributed by atoms with E-state index in [2.05, 4.69) is 21.6 Å². The van der Waals surface area contributed by atoms with Crippen LogP contribution in [-0.2, 0) is 0 Å². The summed E-state index contributed by atoms with van der Waals surface area (Å²) in [6.07, 6.45) is 0. The second-order valence-corrected chi connectivity index (χ2v) is 6.70. The highest BCUT2D eigenvalue weighted by molar-refractivity contribution is 7.12. The Morgan fingerprint density at radius 3 is 2.63 bits per heavy atom. The van der Waals surface area contributed by atoms with E-state index in [1.807, 2.05) is 32.0 Å². The summed E-state index contributed by atoms with van der Waals surface area (Å²) >= 11 is 1.29. The normalized spacial score (nSPS) is 11.1. The highest BCUT2D eigenvalue weighted by atomic mass is 32.1. The van der Waals surface area contributed by atoms with Crippen molar-refractivity contribution in [3.63, 3.8) is 0 Å². The Kier molecular flexibility index (Phi) is 5.24. The van der Waals surface area contributed by atoms with Gasteiger partial charge in [-0.15, -0.1) is 11.3 Å². The van der Waals surface area contributed by atoms with E-state index in [1.54, 1.807) is 17.5 Å². The van der Waals surface area contributed by atoms with E-state index in [0.717, 1.165) is 22.4 Å². The van der Waals surface area contributed by atoms with Gasteiger partial charge >= 0.3 is 0 Å². The maximum Gasteiger partial charge on any atom is 0.269 e. The van der Waals surface area contributed by atoms with E-state index in [9.17, 15) is 15.4 Å². The quantitative estimate of drug-likeness (QED) is 0.395. The molecule has 8 heteroatoms. The predicted octanol–water partition coefficient (Wildman–Crippen LogP) is 4.67. The highest BCUT2D eigenvalue weighted by Gasteiger charge is 2.12. The molecule has 0 fully saturated rings. The molecule has 7 nitrogen and oxygen atoms in total. The molecule has 27 heavy (non-hydrogen) atoms. The van der Waals surface area contributed by atoms with Gasteiger partial charge < -0.3 is 0 Å². The average molecular weight is 377 g/mol. The fourth-order valence-electron chi connectivity index (χ4n) is 2.44. The third-order valence-corrected chi connectivity index (χ3v) is 4.71. The molecule has 0 spiro atoms. The zero-order valence-electron chi connectivity index (χ0n) is 14.6. The molecule has 3 aromatic rings. The van der Waals surface area contributed by atoms with Gasteiger partial charge in [0.15, 0.2) is 10.7 Å². The Morgan fingerprint density at radius 2 is 2.00 bits per heavy atom. The Labute approximate surface area is 159 Å². The molecule has 0 aliphatic carbocycles. The van der Waals surface area contributed by atoms with Crippen molar-refractivity contribution in [2.45, 2.75) is 13.8 Å². The van der Waals surface area contributed by atoms with Crippen LogP contribution in [0.2, 0.25) is 0 Å². The van der Waals surface area contributed by atoms with Crippen molar-refractivity contribution in [3.05, 3.63) is 74.1 Å². The summed E-state index contributed by atoms with van der Waals surface area (Å²) in [5.74, 6) is 0. The van der Waals surface area contributed by atoms with Crippen molar-refractivity contribution < 1.29 is 4.92 Å². The standard InChI is InChI=1S/C19H15N5O2S/c1-12-3-8-16(13(2)9-12)22-23-17(10-20)19-21-18(11-27-19)14-4-6-15(7-5-14)24(25)26/h3-9,11,22H,1-2H3/b23-17+. The minimum absolute atomic E-state index is 0.0196. The molecule has 0 aliphatic rings. The van der Waals surface area contributed by atoms with Gasteiger partial charge in [-0.3, -0.25) is 15.5 Å². The summed E-state index contributed by atoms with van der Waals surface area (Å²) in [4.78, 5) is 14.7. The Bertz CT molecular complexity index is 1060. The van der Waals surface area contributed by atoms with Crippen molar-refractivity contribution >= 4 is 28.4 Å². The predicted molar refractivity (Wildman–Crippen MR) is 106 cm³/mol. The lowest BCUT2D eigenvalue weighted by atomic mass is 10.1. The van der Waals surface area contributed by atoms with Gasteiger partial charge in [-0.05, 0) is 37.6 Å². The first-order valence-electron chi connectivity index (χ1n) is 7.99. The third-order valence-electron chi connectivity index (χ3n) is 3.86. The molecule has 0 atom stereocenters. The largest absolute Gasteiger partial charge is 0.277 e. The number of hydrogen-bond donors (Lipinski definition) is 1. The fourth-order valence-corrected chi connectivity index (χ4v) is 3.21. The van der Waals surface area contributed by atoms with Gasteiger partial charge in [0.2, 0.25) is 0 Å². The van der Waals surface area contributed by atoms with Gasteiger partial charge in [0, 0.05) is 23.1 Å². The number of nitrogens with zero attached hydrogens (tertiary/aromatic N) is 4.